The number of aliphatic hydroxyl groups excluding tert-OH is 12. The standard InChI is InChI=1S/C40H56O22/c1-18(2)11-40(62-38-35(53)32(50)29(47)25(15-43)61-38,39(54)56-17-20-5-9-22(10-6-20)58-37-34(52)31(49)28(46)24(14-42)60-37)12-26(44)55-16-19-3-7-21(8-4-19)57-36-33(51)30(48)27(45)23(13-41)59-36/h3-10,18,23-25,27-38,41-43,45-53H,11-17H2,1-2H3/t23-,24-,25-,27-,28-,29-,30+,31+,32+,33-,34-,35-,36-,37-,38+,40?/m1/s1. The Labute approximate surface area is 354 Å². The predicted molar refractivity (Wildman–Crippen MR) is 203 cm³/mol. The smallest absolute Gasteiger partial charge is 0.339 e. The van der Waals surface area contributed by atoms with Crippen molar-refractivity contribution in [2.45, 2.75) is 138 Å². The van der Waals surface area contributed by atoms with Gasteiger partial charge >= 0.3 is 11.9 Å². The topological polar surface area (TPSA) is 351 Å². The third kappa shape index (κ3) is 11.7. The summed E-state index contributed by atoms with van der Waals surface area (Å²) in [5.41, 5.74) is -1.45. The molecule has 12 N–H and O–H groups in total. The zero-order valence-corrected chi connectivity index (χ0v) is 33.8. The van der Waals surface area contributed by atoms with Crippen LogP contribution >= 0.6 is 0 Å². The van der Waals surface area contributed by atoms with Crippen molar-refractivity contribution in [3.05, 3.63) is 59.7 Å². The number of hydrogen-bond donors (Lipinski definition) is 12. The Balaban J connectivity index is 1.28. The van der Waals surface area contributed by atoms with Gasteiger partial charge in [-0.05, 0) is 47.7 Å². The number of ether oxygens (including phenoxy) is 8. The molecule has 3 aliphatic rings. The molecule has 0 bridgehead atoms. The van der Waals surface area contributed by atoms with Crippen molar-refractivity contribution in [3.63, 3.8) is 0 Å². The van der Waals surface area contributed by atoms with Crippen LogP contribution in [0.1, 0.15) is 37.8 Å². The molecule has 22 heteroatoms. The highest BCUT2D eigenvalue weighted by Gasteiger charge is 2.52. The number of rotatable bonds is 18. The molecule has 3 fully saturated rings. The fraction of sp³-hybridized carbons (Fsp3) is 0.650. The zero-order chi connectivity index (χ0) is 45.5. The highest BCUT2D eigenvalue weighted by Crippen LogP contribution is 2.35. The van der Waals surface area contributed by atoms with Gasteiger partial charge in [0.1, 0.15) is 98.0 Å². The third-order valence-electron chi connectivity index (χ3n) is 10.5. The molecule has 3 aliphatic heterocycles. The van der Waals surface area contributed by atoms with Gasteiger partial charge in [-0.3, -0.25) is 4.79 Å². The third-order valence-corrected chi connectivity index (χ3v) is 10.5. The van der Waals surface area contributed by atoms with E-state index in [1.165, 1.54) is 48.5 Å². The molecular weight excluding hydrogens is 832 g/mol. The van der Waals surface area contributed by atoms with Crippen molar-refractivity contribution in [3.8, 4) is 11.5 Å². The molecule has 22 nitrogen and oxygen atoms in total. The number of aliphatic hydroxyl groups is 12. The van der Waals surface area contributed by atoms with E-state index >= 15 is 0 Å². The van der Waals surface area contributed by atoms with Gasteiger partial charge in [0.25, 0.3) is 0 Å². The fourth-order valence-corrected chi connectivity index (χ4v) is 7.07. The molecule has 62 heavy (non-hydrogen) atoms. The maximum Gasteiger partial charge on any atom is 0.339 e. The van der Waals surface area contributed by atoms with E-state index < -0.39 is 148 Å². The Morgan fingerprint density at radius 2 is 0.919 bits per heavy atom. The van der Waals surface area contributed by atoms with Crippen LogP contribution in [0.4, 0.5) is 0 Å². The fourth-order valence-electron chi connectivity index (χ4n) is 7.07. The summed E-state index contributed by atoms with van der Waals surface area (Å²) in [6.45, 7) is 0.526. The molecule has 2 aromatic carbocycles. The lowest BCUT2D eigenvalue weighted by atomic mass is 9.88. The maximum atomic E-state index is 14.2. The molecule has 2 aromatic rings. The molecule has 348 valence electrons. The second-order valence-corrected chi connectivity index (χ2v) is 15.7. The molecule has 0 aromatic heterocycles. The Bertz CT molecular complexity index is 1710. The molecule has 3 saturated heterocycles. The van der Waals surface area contributed by atoms with Crippen molar-refractivity contribution in [2.75, 3.05) is 19.8 Å². The zero-order valence-electron chi connectivity index (χ0n) is 33.8. The van der Waals surface area contributed by atoms with Crippen LogP contribution in [0.25, 0.3) is 0 Å². The lowest BCUT2D eigenvalue weighted by Gasteiger charge is -2.43. The first-order valence-corrected chi connectivity index (χ1v) is 19.8. The molecule has 0 amide bonds. The summed E-state index contributed by atoms with van der Waals surface area (Å²) in [4.78, 5) is 27.7. The van der Waals surface area contributed by atoms with Gasteiger partial charge in [-0.1, -0.05) is 38.1 Å². The Kier molecular flexibility index (Phi) is 17.4. The van der Waals surface area contributed by atoms with Crippen LogP contribution in [-0.4, -0.2) is 191 Å². The molecule has 0 saturated carbocycles. The van der Waals surface area contributed by atoms with Crippen LogP contribution < -0.4 is 9.47 Å². The lowest BCUT2D eigenvalue weighted by molar-refractivity contribution is -0.327. The summed E-state index contributed by atoms with van der Waals surface area (Å²) in [5, 5.41) is 121. The van der Waals surface area contributed by atoms with Crippen LogP contribution in [0.15, 0.2) is 48.5 Å². The van der Waals surface area contributed by atoms with Crippen LogP contribution in [0.2, 0.25) is 0 Å². The predicted octanol–water partition coefficient (Wildman–Crippen LogP) is -4.18. The van der Waals surface area contributed by atoms with Gasteiger partial charge in [-0.15, -0.1) is 0 Å². The van der Waals surface area contributed by atoms with Gasteiger partial charge in [0.05, 0.1) is 26.2 Å². The van der Waals surface area contributed by atoms with Crippen molar-refractivity contribution in [2.24, 2.45) is 5.92 Å². The summed E-state index contributed by atoms with van der Waals surface area (Å²) in [6, 6.07) is 11.6. The highest BCUT2D eigenvalue weighted by molar-refractivity contribution is 5.86. The normalized spacial score (nSPS) is 34.9. The van der Waals surface area contributed by atoms with Gasteiger partial charge in [-0.25, -0.2) is 4.79 Å². The minimum atomic E-state index is -2.26. The molecule has 0 spiro atoms. The van der Waals surface area contributed by atoms with E-state index in [-0.39, 0.29) is 24.5 Å². The molecule has 3 heterocycles. The van der Waals surface area contributed by atoms with Gasteiger partial charge in [0, 0.05) is 0 Å². The van der Waals surface area contributed by atoms with E-state index in [0.29, 0.717) is 11.1 Å². The van der Waals surface area contributed by atoms with Gasteiger partial charge in [0.15, 0.2) is 11.9 Å². The number of carbonyl (C=O) groups excluding carboxylic acids is 2. The number of benzene rings is 2. The molecule has 0 radical (unpaired) electrons. The number of esters is 2. The minimum Gasteiger partial charge on any atom is -0.462 e. The average molecular weight is 889 g/mol. The highest BCUT2D eigenvalue weighted by atomic mass is 16.7. The minimum absolute atomic E-state index is 0.128. The Morgan fingerprint density at radius 3 is 1.31 bits per heavy atom. The van der Waals surface area contributed by atoms with Gasteiger partial charge in [0.2, 0.25) is 12.6 Å². The van der Waals surface area contributed by atoms with Crippen LogP contribution in [0.3, 0.4) is 0 Å². The Morgan fingerprint density at radius 1 is 0.548 bits per heavy atom. The maximum absolute atomic E-state index is 14.2. The monoisotopic (exact) mass is 888 g/mol. The summed E-state index contributed by atoms with van der Waals surface area (Å²) >= 11 is 0. The van der Waals surface area contributed by atoms with Crippen LogP contribution in [-0.2, 0) is 51.2 Å². The van der Waals surface area contributed by atoms with Crippen molar-refractivity contribution in [1.82, 2.24) is 0 Å². The first-order valence-electron chi connectivity index (χ1n) is 19.8. The molecular formula is C40H56O22. The van der Waals surface area contributed by atoms with E-state index in [9.17, 15) is 70.9 Å². The molecule has 1 unspecified atom stereocenters. The average Bonchev–Trinajstić information content (AvgIpc) is 3.25. The Hall–Kier alpha value is -3.66. The van der Waals surface area contributed by atoms with Crippen LogP contribution in [0.5, 0.6) is 11.5 Å². The number of carbonyl (C=O) groups is 2. The van der Waals surface area contributed by atoms with Crippen molar-refractivity contribution < 1.29 is 109 Å². The van der Waals surface area contributed by atoms with E-state index in [2.05, 4.69) is 0 Å². The van der Waals surface area contributed by atoms with Crippen LogP contribution in [0, 0.1) is 5.92 Å². The molecule has 16 atom stereocenters. The number of hydrogen-bond acceptors (Lipinski definition) is 22. The quantitative estimate of drug-likeness (QED) is 0.0632. The summed E-state index contributed by atoms with van der Waals surface area (Å²) < 4.78 is 44.7. The molecule has 0 aliphatic carbocycles. The summed E-state index contributed by atoms with van der Waals surface area (Å²) in [7, 11) is 0. The SMILES string of the molecule is CC(C)CC(CC(=O)OCc1ccc(O[C@@H]2O[C@H](CO)[C@@H](O)[C@H](O)[C@H]2O)cc1)(O[C@@H]1O[C@H](CO)[C@@H](O)[C@H](O)[C@H]1O)C(=O)OCc1ccc(O[C@@H]2O[C@H](CO)[C@@H](O)[C@H](O)[C@H]2O)cc1. The summed E-state index contributed by atoms with van der Waals surface area (Å²) in [5.74, 6) is -2.22. The van der Waals surface area contributed by atoms with E-state index in [0.717, 1.165) is 0 Å². The first kappa shape index (κ1) is 49.4. The van der Waals surface area contributed by atoms with E-state index in [1.807, 2.05) is 0 Å². The second-order valence-electron chi connectivity index (χ2n) is 15.7. The first-order chi connectivity index (χ1) is 29.4. The van der Waals surface area contributed by atoms with E-state index in [4.69, 9.17) is 37.9 Å². The van der Waals surface area contributed by atoms with Crippen molar-refractivity contribution in [1.29, 1.82) is 0 Å². The van der Waals surface area contributed by atoms with E-state index in [1.54, 1.807) is 13.8 Å². The van der Waals surface area contributed by atoms with Gasteiger partial charge < -0.3 is 99.2 Å². The van der Waals surface area contributed by atoms with Crippen molar-refractivity contribution >= 4 is 11.9 Å². The largest absolute Gasteiger partial charge is 0.462 e. The molecule has 5 rings (SSSR count). The van der Waals surface area contributed by atoms with Gasteiger partial charge in [-0.2, -0.15) is 0 Å². The lowest BCUT2D eigenvalue weighted by Crippen LogP contribution is -2.62. The second kappa shape index (κ2) is 21.8. The summed E-state index contributed by atoms with van der Waals surface area (Å²) in [6.07, 6.45) is -25.0.